The maximum absolute atomic E-state index is 14.3. The van der Waals surface area contributed by atoms with Crippen molar-refractivity contribution in [3.63, 3.8) is 0 Å². The number of aromatic nitrogens is 2. The highest BCUT2D eigenvalue weighted by Crippen LogP contribution is 2.26. The molecule has 0 unspecified atom stereocenters. The van der Waals surface area contributed by atoms with Gasteiger partial charge in [0, 0.05) is 25.4 Å². The molecule has 0 fully saturated rings. The Morgan fingerprint density at radius 2 is 1.94 bits per heavy atom. The molecule has 0 aliphatic heterocycles. The quantitative estimate of drug-likeness (QED) is 0.629. The molecule has 9 heteroatoms. The van der Waals surface area contributed by atoms with E-state index in [2.05, 4.69) is 10.3 Å². The van der Waals surface area contributed by atoms with Crippen LogP contribution in [-0.4, -0.2) is 41.9 Å². The number of nitrogens with one attached hydrogen (secondary N) is 1. The van der Waals surface area contributed by atoms with E-state index in [-0.39, 0.29) is 24.3 Å². The molecule has 31 heavy (non-hydrogen) atoms. The van der Waals surface area contributed by atoms with Gasteiger partial charge in [-0.3, -0.25) is 14.2 Å². The molecule has 0 aliphatic carbocycles. The third-order valence-electron chi connectivity index (χ3n) is 5.62. The summed E-state index contributed by atoms with van der Waals surface area (Å²) in [5, 5.41) is 2.69. The molecular weight excluding hydrogens is 421 g/mol. The number of hydrogen-bond acceptors (Lipinski definition) is 5. The van der Waals surface area contributed by atoms with Crippen LogP contribution in [0.3, 0.4) is 0 Å². The fraction of sp³-hybridized carbons (Fsp3) is 0.318. The number of benzene rings is 2. The van der Waals surface area contributed by atoms with Gasteiger partial charge in [0.05, 0.1) is 17.2 Å². The van der Waals surface area contributed by atoms with Gasteiger partial charge in [-0.25, -0.2) is 17.8 Å². The zero-order chi connectivity index (χ0) is 23.0. The second-order valence-corrected chi connectivity index (χ2v) is 10.2. The van der Waals surface area contributed by atoms with Gasteiger partial charge in [-0.1, -0.05) is 18.2 Å². The van der Waals surface area contributed by atoms with Crippen molar-refractivity contribution in [1.29, 1.82) is 0 Å². The van der Waals surface area contributed by atoms with E-state index in [9.17, 15) is 22.4 Å². The lowest BCUT2D eigenvalue weighted by Gasteiger charge is -2.25. The Labute approximate surface area is 179 Å². The molecule has 0 bridgehead atoms. The molecule has 1 heterocycles. The first kappa shape index (κ1) is 22.6. The summed E-state index contributed by atoms with van der Waals surface area (Å²) < 4.78 is 38.3. The number of hydrogen-bond donors (Lipinski definition) is 1. The highest BCUT2D eigenvalue weighted by atomic mass is 32.2. The van der Waals surface area contributed by atoms with Crippen molar-refractivity contribution in [1.82, 2.24) is 14.9 Å². The van der Waals surface area contributed by atoms with Crippen LogP contribution in [0.15, 0.2) is 47.5 Å². The van der Waals surface area contributed by atoms with E-state index in [1.807, 2.05) is 0 Å². The van der Waals surface area contributed by atoms with Crippen LogP contribution in [-0.2, 0) is 21.2 Å². The van der Waals surface area contributed by atoms with Crippen molar-refractivity contribution in [2.24, 2.45) is 0 Å². The summed E-state index contributed by atoms with van der Waals surface area (Å²) >= 11 is 0. The Hall–Kier alpha value is -3.07. The van der Waals surface area contributed by atoms with Crippen molar-refractivity contribution in [2.75, 3.05) is 13.3 Å². The maximum atomic E-state index is 14.3. The van der Waals surface area contributed by atoms with E-state index < -0.39 is 20.5 Å². The first-order valence-corrected chi connectivity index (χ1v) is 11.5. The number of rotatable bonds is 6. The minimum absolute atomic E-state index is 0.00684. The molecule has 0 radical (unpaired) electrons. The van der Waals surface area contributed by atoms with Gasteiger partial charge in [0.1, 0.15) is 10.6 Å². The largest absolute Gasteiger partial charge is 0.358 e. The molecule has 164 valence electrons. The molecule has 0 saturated carbocycles. The van der Waals surface area contributed by atoms with Crippen LogP contribution in [0.25, 0.3) is 22.0 Å². The van der Waals surface area contributed by atoms with Crippen molar-refractivity contribution < 1.29 is 17.6 Å². The number of carbonyl (C=O) groups is 1. The van der Waals surface area contributed by atoms with Crippen LogP contribution in [0.1, 0.15) is 18.9 Å². The monoisotopic (exact) mass is 445 g/mol. The molecule has 1 amide bonds. The SMILES string of the molecule is CNC(=O)[C@@](C)(CCn1cnc2cc(-c3ccc(C)cc3F)ccc2c1=O)S(C)(=O)=O. The van der Waals surface area contributed by atoms with Gasteiger partial charge in [-0.2, -0.15) is 0 Å². The van der Waals surface area contributed by atoms with Gasteiger partial charge >= 0.3 is 0 Å². The van der Waals surface area contributed by atoms with Crippen LogP contribution in [0.2, 0.25) is 0 Å². The number of nitrogens with zero attached hydrogens (tertiary/aromatic N) is 2. The van der Waals surface area contributed by atoms with E-state index in [4.69, 9.17) is 0 Å². The molecule has 0 saturated heterocycles. The number of sulfone groups is 1. The van der Waals surface area contributed by atoms with Crippen LogP contribution in [0, 0.1) is 12.7 Å². The Bertz CT molecular complexity index is 1330. The van der Waals surface area contributed by atoms with Crippen LogP contribution < -0.4 is 10.9 Å². The molecule has 3 aromatic rings. The van der Waals surface area contributed by atoms with Crippen LogP contribution in [0.5, 0.6) is 0 Å². The Morgan fingerprint density at radius 1 is 1.23 bits per heavy atom. The maximum Gasteiger partial charge on any atom is 0.261 e. The molecule has 1 N–H and O–H groups in total. The van der Waals surface area contributed by atoms with E-state index >= 15 is 0 Å². The Kier molecular flexibility index (Phi) is 6.00. The van der Waals surface area contributed by atoms with E-state index in [1.54, 1.807) is 37.3 Å². The second kappa shape index (κ2) is 8.22. The fourth-order valence-corrected chi connectivity index (χ4v) is 4.31. The first-order chi connectivity index (χ1) is 14.5. The molecular formula is C22H24FN3O4S. The van der Waals surface area contributed by atoms with E-state index in [1.165, 1.54) is 30.9 Å². The van der Waals surface area contributed by atoms with Crippen molar-refractivity contribution >= 4 is 26.6 Å². The number of amides is 1. The topological polar surface area (TPSA) is 98.1 Å². The summed E-state index contributed by atoms with van der Waals surface area (Å²) in [6, 6.07) is 9.78. The summed E-state index contributed by atoms with van der Waals surface area (Å²) in [7, 11) is -2.36. The lowest BCUT2D eigenvalue weighted by molar-refractivity contribution is -0.123. The summed E-state index contributed by atoms with van der Waals surface area (Å²) in [5.41, 5.74) is 1.84. The van der Waals surface area contributed by atoms with Crippen LogP contribution in [0.4, 0.5) is 4.39 Å². The molecule has 2 aromatic carbocycles. The smallest absolute Gasteiger partial charge is 0.261 e. The highest BCUT2D eigenvalue weighted by molar-refractivity contribution is 7.92. The van der Waals surface area contributed by atoms with Gasteiger partial charge < -0.3 is 5.32 Å². The number of aryl methyl sites for hydroxylation is 2. The summed E-state index contributed by atoms with van der Waals surface area (Å²) in [6.07, 6.45) is 2.22. The van der Waals surface area contributed by atoms with Gasteiger partial charge in [0.25, 0.3) is 5.56 Å². The molecule has 1 atom stereocenters. The zero-order valence-corrected chi connectivity index (χ0v) is 18.6. The average Bonchev–Trinajstić information content (AvgIpc) is 2.71. The molecule has 0 spiro atoms. The number of fused-ring (bicyclic) bond motifs is 1. The second-order valence-electron chi connectivity index (χ2n) is 7.79. The van der Waals surface area contributed by atoms with Crippen molar-refractivity contribution in [2.45, 2.75) is 31.6 Å². The van der Waals surface area contributed by atoms with Gasteiger partial charge in [0.2, 0.25) is 5.91 Å². The standard InChI is InChI=1S/C22H24FN3O4S/c1-14-5-7-16(18(23)11-14)15-6-8-17-19(12-15)25-13-26(20(17)27)10-9-22(2,21(28)24-3)31(4,29)30/h5-8,11-13H,9-10H2,1-4H3,(H,24,28)/t22-/m1/s1. The fourth-order valence-electron chi connectivity index (χ4n) is 3.40. The predicted molar refractivity (Wildman–Crippen MR) is 118 cm³/mol. The predicted octanol–water partition coefficient (Wildman–Crippen LogP) is 2.45. The summed E-state index contributed by atoms with van der Waals surface area (Å²) in [6.45, 7) is 3.13. The molecule has 1 aromatic heterocycles. The Balaban J connectivity index is 1.96. The third kappa shape index (κ3) is 4.23. The number of carbonyl (C=O) groups excluding carboxylic acids is 1. The van der Waals surface area contributed by atoms with Crippen LogP contribution >= 0.6 is 0 Å². The minimum atomic E-state index is -3.73. The van der Waals surface area contributed by atoms with Gasteiger partial charge in [-0.15, -0.1) is 0 Å². The van der Waals surface area contributed by atoms with Gasteiger partial charge in [-0.05, 0) is 49.6 Å². The zero-order valence-electron chi connectivity index (χ0n) is 17.8. The number of halogens is 1. The molecule has 7 nitrogen and oxygen atoms in total. The summed E-state index contributed by atoms with van der Waals surface area (Å²) in [5.74, 6) is -0.997. The molecule has 0 aliphatic rings. The van der Waals surface area contributed by atoms with Gasteiger partial charge in [0.15, 0.2) is 9.84 Å². The lowest BCUT2D eigenvalue weighted by atomic mass is 10.0. The molecule has 3 rings (SSSR count). The normalized spacial score (nSPS) is 13.7. The lowest BCUT2D eigenvalue weighted by Crippen LogP contribution is -2.49. The Morgan fingerprint density at radius 3 is 2.55 bits per heavy atom. The van der Waals surface area contributed by atoms with E-state index in [0.717, 1.165) is 11.8 Å². The van der Waals surface area contributed by atoms with Crippen molar-refractivity contribution in [3.05, 3.63) is 64.5 Å². The highest BCUT2D eigenvalue weighted by Gasteiger charge is 2.42. The summed E-state index contributed by atoms with van der Waals surface area (Å²) in [4.78, 5) is 29.4. The minimum Gasteiger partial charge on any atom is -0.358 e. The average molecular weight is 446 g/mol. The third-order valence-corrected chi connectivity index (χ3v) is 7.64. The first-order valence-electron chi connectivity index (χ1n) is 9.65. The van der Waals surface area contributed by atoms with E-state index in [0.29, 0.717) is 22.0 Å². The van der Waals surface area contributed by atoms with Crippen molar-refractivity contribution in [3.8, 4) is 11.1 Å².